The molecule has 6 heteroatoms. The molecule has 0 amide bonds. The number of alkyl halides is 2. The predicted molar refractivity (Wildman–Crippen MR) is 135 cm³/mol. The summed E-state index contributed by atoms with van der Waals surface area (Å²) < 4.78 is 31.5. The first-order valence-electron chi connectivity index (χ1n) is 12.3. The second-order valence-electron chi connectivity index (χ2n) is 10.2. The van der Waals surface area contributed by atoms with E-state index in [1.165, 1.54) is 22.2 Å². The number of ether oxygens (including phenoxy) is 1. The molecular formula is C28H37F2N3O. The van der Waals surface area contributed by atoms with Crippen LogP contribution in [0.4, 0.5) is 8.78 Å². The average Bonchev–Trinajstić information content (AvgIpc) is 3.13. The van der Waals surface area contributed by atoms with Gasteiger partial charge in [0.2, 0.25) is 0 Å². The molecule has 184 valence electrons. The molecule has 1 atom stereocenters. The number of hydrogen-bond acceptors (Lipinski definition) is 3. The first-order valence-corrected chi connectivity index (χ1v) is 12.3. The number of nitrogens with zero attached hydrogens (tertiary/aromatic N) is 2. The predicted octanol–water partition coefficient (Wildman–Crippen LogP) is 5.77. The normalized spacial score (nSPS) is 19.3. The second-order valence-corrected chi connectivity index (χ2v) is 10.2. The van der Waals surface area contributed by atoms with Gasteiger partial charge in [0, 0.05) is 55.4 Å². The summed E-state index contributed by atoms with van der Waals surface area (Å²) in [5, 5.41) is 1.32. The van der Waals surface area contributed by atoms with Gasteiger partial charge in [-0.1, -0.05) is 36.4 Å². The summed E-state index contributed by atoms with van der Waals surface area (Å²) in [7, 11) is 0. The van der Waals surface area contributed by atoms with E-state index in [0.717, 1.165) is 38.3 Å². The highest BCUT2D eigenvalue weighted by Crippen LogP contribution is 2.31. The number of nitrogens with one attached hydrogen (secondary N) is 1. The third kappa shape index (κ3) is 6.36. The number of likely N-dealkylation sites (tertiary alicyclic amines) is 1. The maximum Gasteiger partial charge on any atom is 0.124 e. The van der Waals surface area contributed by atoms with Gasteiger partial charge in [0.05, 0.1) is 6.67 Å². The Labute approximate surface area is 201 Å². The third-order valence-electron chi connectivity index (χ3n) is 6.54. The van der Waals surface area contributed by atoms with Crippen LogP contribution < -0.4 is 4.74 Å². The Morgan fingerprint density at radius 2 is 1.76 bits per heavy atom. The van der Waals surface area contributed by atoms with Crippen LogP contribution in [-0.4, -0.2) is 65.5 Å². The molecule has 0 spiro atoms. The number of aromatic nitrogens is 1. The van der Waals surface area contributed by atoms with Gasteiger partial charge < -0.3 is 9.72 Å². The third-order valence-corrected chi connectivity index (χ3v) is 6.54. The minimum Gasteiger partial charge on any atom is -0.488 e. The molecule has 5 rings (SSSR count). The molecule has 1 saturated heterocycles. The Kier molecular flexibility index (Phi) is 7.89. The van der Waals surface area contributed by atoms with Gasteiger partial charge in [0.1, 0.15) is 17.5 Å². The molecule has 1 fully saturated rings. The lowest BCUT2D eigenvalue weighted by atomic mass is 9.96. The molecular weight excluding hydrogens is 432 g/mol. The fourth-order valence-electron chi connectivity index (χ4n) is 4.86. The van der Waals surface area contributed by atoms with Gasteiger partial charge in [-0.25, -0.2) is 4.39 Å². The number of fused-ring (bicyclic) bond motifs is 3. The highest BCUT2D eigenvalue weighted by atomic mass is 19.1. The van der Waals surface area contributed by atoms with Crippen molar-refractivity contribution in [1.29, 1.82) is 0 Å². The molecule has 0 aliphatic carbocycles. The summed E-state index contributed by atoms with van der Waals surface area (Å²) in [5.41, 5.74) is 2.72. The Hall–Kier alpha value is -2.44. The van der Waals surface area contributed by atoms with Crippen molar-refractivity contribution >= 4 is 10.9 Å². The van der Waals surface area contributed by atoms with Crippen molar-refractivity contribution in [1.82, 2.24) is 14.8 Å². The van der Waals surface area contributed by atoms with Gasteiger partial charge >= 0.3 is 0 Å². The largest absolute Gasteiger partial charge is 0.488 e. The molecule has 34 heavy (non-hydrogen) atoms. The zero-order valence-corrected chi connectivity index (χ0v) is 20.6. The maximum absolute atomic E-state index is 13.9. The maximum atomic E-state index is 13.9. The zero-order valence-electron chi connectivity index (χ0n) is 20.6. The number of hydrogen-bond donors (Lipinski definition) is 1. The van der Waals surface area contributed by atoms with Crippen molar-refractivity contribution in [3.05, 3.63) is 65.9 Å². The summed E-state index contributed by atoms with van der Waals surface area (Å²) >= 11 is 0. The van der Waals surface area contributed by atoms with Gasteiger partial charge in [0.15, 0.2) is 0 Å². The molecule has 2 aliphatic heterocycles. The first kappa shape index (κ1) is 24.7. The van der Waals surface area contributed by atoms with E-state index in [9.17, 15) is 8.78 Å². The lowest BCUT2D eigenvalue weighted by Gasteiger charge is -2.38. The molecule has 2 aliphatic rings. The number of H-pyrrole nitrogens is 1. The minimum absolute atomic E-state index is 0.222. The van der Waals surface area contributed by atoms with Crippen LogP contribution in [0.5, 0.6) is 5.75 Å². The summed E-state index contributed by atoms with van der Waals surface area (Å²) in [6, 6.07) is 18.6. The Morgan fingerprint density at radius 1 is 1.06 bits per heavy atom. The molecule has 0 saturated carbocycles. The number of halogens is 2. The monoisotopic (exact) mass is 469 g/mol. The standard InChI is InChI=1S/C16H21FN2.C12H16FNO/c1-11-8-13-12-6-4-5-7-14(12)18-15(13)9-19(11)10-16(2,3)17;13-7-4-8-14-9-12(10-14)15-11-5-2-1-3-6-11/h4-7,11,18H,8-10H2,1-3H3;1-3,5-6,12H,4,7-10H2/t11-;/m1./s1. The summed E-state index contributed by atoms with van der Waals surface area (Å²) in [6.45, 7) is 9.29. The SMILES string of the molecule is C[C@@H]1Cc2c([nH]c3ccccc23)CN1CC(C)(C)F.FCCCN1CC(Oc2ccccc2)C1. The van der Waals surface area contributed by atoms with Gasteiger partial charge in [-0.2, -0.15) is 0 Å². The van der Waals surface area contributed by atoms with Crippen molar-refractivity contribution in [2.24, 2.45) is 0 Å². The molecule has 1 N–H and O–H groups in total. The zero-order chi connectivity index (χ0) is 24.1. The van der Waals surface area contributed by atoms with E-state index in [0.29, 0.717) is 19.0 Å². The summed E-state index contributed by atoms with van der Waals surface area (Å²) in [4.78, 5) is 7.94. The van der Waals surface area contributed by atoms with Crippen molar-refractivity contribution in [2.45, 2.75) is 58.0 Å². The number of para-hydroxylation sites is 2. The van der Waals surface area contributed by atoms with Crippen LogP contribution in [-0.2, 0) is 13.0 Å². The first-order chi connectivity index (χ1) is 16.3. The molecule has 2 aromatic carbocycles. The summed E-state index contributed by atoms with van der Waals surface area (Å²) in [5.74, 6) is 0.924. The molecule has 3 heterocycles. The number of benzene rings is 2. The number of aromatic amines is 1. The van der Waals surface area contributed by atoms with Crippen molar-refractivity contribution in [3.63, 3.8) is 0 Å². The van der Waals surface area contributed by atoms with Crippen molar-refractivity contribution in [2.75, 3.05) is 32.9 Å². The Bertz CT molecular complexity index is 1040. The smallest absolute Gasteiger partial charge is 0.124 e. The highest BCUT2D eigenvalue weighted by molar-refractivity contribution is 5.84. The molecule has 3 aromatic rings. The van der Waals surface area contributed by atoms with E-state index >= 15 is 0 Å². The van der Waals surface area contributed by atoms with E-state index in [4.69, 9.17) is 4.74 Å². The lowest BCUT2D eigenvalue weighted by molar-refractivity contribution is 0.0184. The molecule has 0 unspecified atom stereocenters. The van der Waals surface area contributed by atoms with Crippen LogP contribution in [0.25, 0.3) is 10.9 Å². The van der Waals surface area contributed by atoms with E-state index in [1.807, 2.05) is 30.3 Å². The fraction of sp³-hybridized carbons (Fsp3) is 0.500. The minimum atomic E-state index is -1.14. The molecule has 0 radical (unpaired) electrons. The van der Waals surface area contributed by atoms with Crippen molar-refractivity contribution in [3.8, 4) is 5.75 Å². The fourth-order valence-corrected chi connectivity index (χ4v) is 4.86. The van der Waals surface area contributed by atoms with E-state index in [-0.39, 0.29) is 12.8 Å². The van der Waals surface area contributed by atoms with Gasteiger partial charge in [-0.3, -0.25) is 14.2 Å². The van der Waals surface area contributed by atoms with Crippen molar-refractivity contribution < 1.29 is 13.5 Å². The van der Waals surface area contributed by atoms with Gasteiger partial charge in [0.25, 0.3) is 0 Å². The Balaban J connectivity index is 0.000000166. The summed E-state index contributed by atoms with van der Waals surface area (Å²) in [6.07, 6.45) is 1.92. The van der Waals surface area contributed by atoms with E-state index < -0.39 is 5.67 Å². The highest BCUT2D eigenvalue weighted by Gasteiger charge is 2.30. The van der Waals surface area contributed by atoms with Crippen LogP contribution in [0, 0.1) is 0 Å². The van der Waals surface area contributed by atoms with Gasteiger partial charge in [-0.15, -0.1) is 0 Å². The lowest BCUT2D eigenvalue weighted by Crippen LogP contribution is -2.53. The van der Waals surface area contributed by atoms with Crippen LogP contribution >= 0.6 is 0 Å². The Morgan fingerprint density at radius 3 is 2.47 bits per heavy atom. The molecule has 4 nitrogen and oxygen atoms in total. The topological polar surface area (TPSA) is 31.5 Å². The van der Waals surface area contributed by atoms with E-state index in [2.05, 4.69) is 46.0 Å². The molecule has 0 bridgehead atoms. The quantitative estimate of drug-likeness (QED) is 0.477. The molecule has 1 aromatic heterocycles. The van der Waals surface area contributed by atoms with Crippen LogP contribution in [0.1, 0.15) is 38.4 Å². The second kappa shape index (κ2) is 10.9. The van der Waals surface area contributed by atoms with Crippen LogP contribution in [0.15, 0.2) is 54.6 Å². The average molecular weight is 470 g/mol. The van der Waals surface area contributed by atoms with E-state index in [1.54, 1.807) is 13.8 Å². The van der Waals surface area contributed by atoms with Crippen LogP contribution in [0.3, 0.4) is 0 Å². The van der Waals surface area contributed by atoms with Crippen LogP contribution in [0.2, 0.25) is 0 Å². The van der Waals surface area contributed by atoms with Gasteiger partial charge in [-0.05, 0) is 57.4 Å². The number of rotatable bonds is 7.